The molecular formula is C43H86N2O4. The van der Waals surface area contributed by atoms with Crippen molar-refractivity contribution in [3.05, 3.63) is 0 Å². The second-order valence-corrected chi connectivity index (χ2v) is 15.0. The van der Waals surface area contributed by atoms with Gasteiger partial charge in [-0.3, -0.25) is 9.59 Å². The predicted octanol–water partition coefficient (Wildman–Crippen LogP) is 12.0. The third kappa shape index (κ3) is 33.7. The standard InChI is InChI=1S/C43H86N2O4/c1-5-9-19-28-41(29-20-10-6-2)33-39-49-43(47)31-22-16-14-18-24-36-45(37-25-34-44)35-23-17-13-15-21-30-42(46)48-38-32-40(26-11-7-3)27-12-8-4/h40-41H,5-39,44H2,1-4H3. The van der Waals surface area contributed by atoms with Crippen LogP contribution in [0.4, 0.5) is 0 Å². The maximum absolute atomic E-state index is 12.3. The van der Waals surface area contributed by atoms with E-state index in [2.05, 4.69) is 32.6 Å². The molecule has 0 bridgehead atoms. The Bertz CT molecular complexity index is 685. The Labute approximate surface area is 306 Å². The normalized spacial score (nSPS) is 11.7. The van der Waals surface area contributed by atoms with Gasteiger partial charge < -0.3 is 20.1 Å². The van der Waals surface area contributed by atoms with Gasteiger partial charge in [0.05, 0.1) is 13.2 Å². The van der Waals surface area contributed by atoms with Gasteiger partial charge in [0, 0.05) is 12.8 Å². The Hall–Kier alpha value is -1.14. The van der Waals surface area contributed by atoms with Crippen molar-refractivity contribution >= 4 is 11.9 Å². The molecule has 0 fully saturated rings. The van der Waals surface area contributed by atoms with Gasteiger partial charge in [0.25, 0.3) is 0 Å². The Morgan fingerprint density at radius 1 is 0.449 bits per heavy atom. The van der Waals surface area contributed by atoms with E-state index in [9.17, 15) is 9.59 Å². The highest BCUT2D eigenvalue weighted by Crippen LogP contribution is 2.22. The van der Waals surface area contributed by atoms with Crippen molar-refractivity contribution in [2.45, 2.75) is 214 Å². The Balaban J connectivity index is 3.94. The van der Waals surface area contributed by atoms with Crippen molar-refractivity contribution in [2.75, 3.05) is 39.4 Å². The molecule has 292 valence electrons. The molecule has 0 aliphatic rings. The van der Waals surface area contributed by atoms with E-state index in [0.717, 1.165) is 77.0 Å². The Morgan fingerprint density at radius 3 is 1.22 bits per heavy atom. The molecule has 6 heteroatoms. The largest absolute Gasteiger partial charge is 0.466 e. The van der Waals surface area contributed by atoms with Crippen LogP contribution >= 0.6 is 0 Å². The summed E-state index contributed by atoms with van der Waals surface area (Å²) in [5, 5.41) is 0. The summed E-state index contributed by atoms with van der Waals surface area (Å²) in [5.74, 6) is 1.42. The first-order valence-electron chi connectivity index (χ1n) is 21.7. The van der Waals surface area contributed by atoms with Crippen LogP contribution in [0.1, 0.15) is 214 Å². The summed E-state index contributed by atoms with van der Waals surface area (Å²) >= 11 is 0. The topological polar surface area (TPSA) is 81.9 Å². The summed E-state index contributed by atoms with van der Waals surface area (Å²) in [6.45, 7) is 14.4. The zero-order chi connectivity index (χ0) is 36.0. The quantitative estimate of drug-likeness (QED) is 0.0509. The average molecular weight is 695 g/mol. The van der Waals surface area contributed by atoms with Gasteiger partial charge in [-0.2, -0.15) is 0 Å². The van der Waals surface area contributed by atoms with Crippen LogP contribution in [0.15, 0.2) is 0 Å². The summed E-state index contributed by atoms with van der Waals surface area (Å²) in [6.07, 6.45) is 33.6. The summed E-state index contributed by atoms with van der Waals surface area (Å²) in [4.78, 5) is 27.1. The Morgan fingerprint density at radius 2 is 0.816 bits per heavy atom. The van der Waals surface area contributed by atoms with Gasteiger partial charge in [0.15, 0.2) is 0 Å². The molecule has 0 saturated carbocycles. The molecule has 0 radical (unpaired) electrons. The van der Waals surface area contributed by atoms with Crippen molar-refractivity contribution in [1.82, 2.24) is 4.90 Å². The molecule has 0 amide bonds. The number of hydrogen-bond acceptors (Lipinski definition) is 6. The minimum absolute atomic E-state index is 0.00205. The number of carbonyl (C=O) groups excluding carboxylic acids is 2. The number of nitrogens with two attached hydrogens (primary N) is 1. The van der Waals surface area contributed by atoms with Gasteiger partial charge in [-0.15, -0.1) is 0 Å². The molecule has 6 nitrogen and oxygen atoms in total. The van der Waals surface area contributed by atoms with Gasteiger partial charge in [-0.05, 0) is 83.0 Å². The zero-order valence-electron chi connectivity index (χ0n) is 33.6. The third-order valence-corrected chi connectivity index (χ3v) is 10.3. The first-order valence-corrected chi connectivity index (χ1v) is 21.7. The fourth-order valence-electron chi connectivity index (χ4n) is 6.96. The van der Waals surface area contributed by atoms with Gasteiger partial charge >= 0.3 is 11.9 Å². The molecule has 0 aromatic heterocycles. The van der Waals surface area contributed by atoms with E-state index < -0.39 is 0 Å². The zero-order valence-corrected chi connectivity index (χ0v) is 33.6. The van der Waals surface area contributed by atoms with E-state index in [-0.39, 0.29) is 11.9 Å². The van der Waals surface area contributed by atoms with Gasteiger partial charge in [0.2, 0.25) is 0 Å². The molecule has 0 heterocycles. The fourth-order valence-corrected chi connectivity index (χ4v) is 6.96. The molecular weight excluding hydrogens is 608 g/mol. The van der Waals surface area contributed by atoms with E-state index in [1.54, 1.807) is 0 Å². The first kappa shape index (κ1) is 47.9. The predicted molar refractivity (Wildman–Crippen MR) is 211 cm³/mol. The maximum atomic E-state index is 12.3. The van der Waals surface area contributed by atoms with Crippen LogP contribution in [0, 0.1) is 11.8 Å². The summed E-state index contributed by atoms with van der Waals surface area (Å²) in [6, 6.07) is 0. The molecule has 0 aromatic carbocycles. The number of carbonyl (C=O) groups is 2. The molecule has 0 atom stereocenters. The number of rotatable bonds is 39. The first-order chi connectivity index (χ1) is 24.0. The molecule has 2 N–H and O–H groups in total. The second kappa shape index (κ2) is 38.1. The number of hydrogen-bond donors (Lipinski definition) is 1. The van der Waals surface area contributed by atoms with Crippen molar-refractivity contribution in [1.29, 1.82) is 0 Å². The number of ether oxygens (including phenoxy) is 2. The van der Waals surface area contributed by atoms with Crippen LogP contribution in [-0.4, -0.2) is 56.2 Å². The summed E-state index contributed by atoms with van der Waals surface area (Å²) < 4.78 is 11.2. The molecule has 0 aliphatic carbocycles. The lowest BCUT2D eigenvalue weighted by Gasteiger charge is -2.22. The number of nitrogens with zero attached hydrogens (tertiary/aromatic N) is 1. The minimum Gasteiger partial charge on any atom is -0.466 e. The van der Waals surface area contributed by atoms with Crippen molar-refractivity contribution in [3.8, 4) is 0 Å². The monoisotopic (exact) mass is 695 g/mol. The number of unbranched alkanes of at least 4 members (excludes halogenated alkanes) is 14. The van der Waals surface area contributed by atoms with Crippen molar-refractivity contribution < 1.29 is 19.1 Å². The van der Waals surface area contributed by atoms with Crippen LogP contribution in [-0.2, 0) is 19.1 Å². The van der Waals surface area contributed by atoms with Crippen LogP contribution in [0.2, 0.25) is 0 Å². The van der Waals surface area contributed by atoms with Gasteiger partial charge in [-0.25, -0.2) is 0 Å². The van der Waals surface area contributed by atoms with E-state index in [1.807, 2.05) is 0 Å². The Kier molecular flexibility index (Phi) is 37.2. The molecule has 49 heavy (non-hydrogen) atoms. The minimum atomic E-state index is -0.00712. The molecule has 0 saturated heterocycles. The van der Waals surface area contributed by atoms with Crippen molar-refractivity contribution in [2.24, 2.45) is 17.6 Å². The lowest BCUT2D eigenvalue weighted by Crippen LogP contribution is -2.28. The molecule has 0 spiro atoms. The van der Waals surface area contributed by atoms with Gasteiger partial charge in [-0.1, -0.05) is 156 Å². The number of esters is 2. The van der Waals surface area contributed by atoms with E-state index in [4.69, 9.17) is 15.2 Å². The highest BCUT2D eigenvalue weighted by molar-refractivity contribution is 5.69. The SMILES string of the molecule is CCCCCC(CCCCC)CCOC(=O)CCCCCCCN(CCCN)CCCCCCCC(=O)OCCC(CCCC)CCCC. The lowest BCUT2D eigenvalue weighted by molar-refractivity contribution is -0.145. The van der Waals surface area contributed by atoms with Crippen LogP contribution < -0.4 is 5.73 Å². The summed E-state index contributed by atoms with van der Waals surface area (Å²) in [7, 11) is 0. The van der Waals surface area contributed by atoms with E-state index >= 15 is 0 Å². The molecule has 0 aliphatic heterocycles. The third-order valence-electron chi connectivity index (χ3n) is 10.3. The van der Waals surface area contributed by atoms with Gasteiger partial charge in [0.1, 0.15) is 0 Å². The average Bonchev–Trinajstić information content (AvgIpc) is 3.10. The lowest BCUT2D eigenvalue weighted by atomic mass is 9.92. The van der Waals surface area contributed by atoms with Crippen LogP contribution in [0.3, 0.4) is 0 Å². The summed E-state index contributed by atoms with van der Waals surface area (Å²) in [5.41, 5.74) is 5.82. The fraction of sp³-hybridized carbons (Fsp3) is 0.953. The van der Waals surface area contributed by atoms with Crippen LogP contribution in [0.5, 0.6) is 0 Å². The highest BCUT2D eigenvalue weighted by Gasteiger charge is 2.12. The molecule has 0 unspecified atom stereocenters. The maximum Gasteiger partial charge on any atom is 0.305 e. The van der Waals surface area contributed by atoms with E-state index in [0.29, 0.717) is 32.0 Å². The highest BCUT2D eigenvalue weighted by atomic mass is 16.5. The van der Waals surface area contributed by atoms with Crippen molar-refractivity contribution in [3.63, 3.8) is 0 Å². The molecule has 0 rings (SSSR count). The molecule has 0 aromatic rings. The van der Waals surface area contributed by atoms with Crippen LogP contribution in [0.25, 0.3) is 0 Å². The van der Waals surface area contributed by atoms with E-state index in [1.165, 1.54) is 128 Å². The second-order valence-electron chi connectivity index (χ2n) is 15.0. The smallest absolute Gasteiger partial charge is 0.305 e.